The van der Waals surface area contributed by atoms with Crippen LogP contribution in [0.4, 0.5) is 11.4 Å². The maximum Gasteiger partial charge on any atom is 0.246 e. The lowest BCUT2D eigenvalue weighted by molar-refractivity contribution is -0.116. The number of amides is 1. The van der Waals surface area contributed by atoms with Gasteiger partial charge in [-0.1, -0.05) is 24.3 Å². The van der Waals surface area contributed by atoms with Crippen LogP contribution < -0.4 is 15.0 Å². The summed E-state index contributed by atoms with van der Waals surface area (Å²) in [6.45, 7) is 3.86. The van der Waals surface area contributed by atoms with Crippen molar-refractivity contribution in [1.29, 1.82) is 0 Å². The molecule has 2 aromatic rings. The van der Waals surface area contributed by atoms with E-state index in [1.807, 2.05) is 61.5 Å². The molecule has 0 saturated heterocycles. The summed E-state index contributed by atoms with van der Waals surface area (Å²) in [6, 6.07) is 17.2. The van der Waals surface area contributed by atoms with Crippen LogP contribution in [-0.2, 0) is 9.53 Å². The molecule has 24 heavy (non-hydrogen) atoms. The summed E-state index contributed by atoms with van der Waals surface area (Å²) in [7, 11) is 1.64. The minimum absolute atomic E-state index is 0.0226. The average Bonchev–Trinajstić information content (AvgIpc) is 2.62. The van der Waals surface area contributed by atoms with Crippen molar-refractivity contribution in [3.63, 3.8) is 0 Å². The van der Waals surface area contributed by atoms with Crippen molar-refractivity contribution in [3.8, 4) is 5.75 Å². The first-order valence-electron chi connectivity index (χ1n) is 8.05. The van der Waals surface area contributed by atoms with Crippen molar-refractivity contribution in [3.05, 3.63) is 54.6 Å². The summed E-state index contributed by atoms with van der Waals surface area (Å²) in [6.07, 6.45) is 0. The van der Waals surface area contributed by atoms with Crippen LogP contribution in [0.25, 0.3) is 0 Å². The number of rotatable bonds is 9. The van der Waals surface area contributed by atoms with E-state index in [9.17, 15) is 4.79 Å². The van der Waals surface area contributed by atoms with Crippen LogP contribution in [0.5, 0.6) is 5.75 Å². The van der Waals surface area contributed by atoms with Gasteiger partial charge in [0.1, 0.15) is 12.4 Å². The number of methoxy groups -OCH3 is 1. The van der Waals surface area contributed by atoms with Gasteiger partial charge < -0.3 is 19.7 Å². The molecule has 0 radical (unpaired) electrons. The average molecular weight is 328 g/mol. The van der Waals surface area contributed by atoms with Gasteiger partial charge in [-0.05, 0) is 31.2 Å². The predicted octanol–water partition coefficient (Wildman–Crippen LogP) is 3.18. The maximum atomic E-state index is 12.5. The quantitative estimate of drug-likeness (QED) is 0.718. The van der Waals surface area contributed by atoms with E-state index in [1.54, 1.807) is 12.0 Å². The Kier molecular flexibility index (Phi) is 7.11. The first-order valence-corrected chi connectivity index (χ1v) is 8.05. The number of likely N-dealkylation sites (N-methyl/N-ethyl adjacent to an activating group) is 1. The molecule has 0 aliphatic carbocycles. The van der Waals surface area contributed by atoms with Gasteiger partial charge in [0, 0.05) is 31.1 Å². The molecule has 0 aliphatic heterocycles. The number of hydrogen-bond acceptors (Lipinski definition) is 4. The molecule has 0 atom stereocenters. The summed E-state index contributed by atoms with van der Waals surface area (Å²) >= 11 is 0. The number of carbonyl (C=O) groups excluding carboxylic acids is 1. The summed E-state index contributed by atoms with van der Waals surface area (Å²) in [5, 5.41) is 3.16. The molecule has 0 aliphatic rings. The molecule has 5 heteroatoms. The van der Waals surface area contributed by atoms with Crippen molar-refractivity contribution in [2.45, 2.75) is 6.92 Å². The molecule has 0 spiro atoms. The largest absolute Gasteiger partial charge is 0.491 e. The van der Waals surface area contributed by atoms with E-state index in [4.69, 9.17) is 9.47 Å². The minimum atomic E-state index is 0.0226. The maximum absolute atomic E-state index is 12.5. The van der Waals surface area contributed by atoms with E-state index in [2.05, 4.69) is 5.32 Å². The number of para-hydroxylation sites is 1. The Bertz CT molecular complexity index is 632. The third-order valence-corrected chi connectivity index (χ3v) is 3.52. The molecule has 2 rings (SSSR count). The zero-order chi connectivity index (χ0) is 17.2. The van der Waals surface area contributed by atoms with Gasteiger partial charge >= 0.3 is 0 Å². The molecule has 0 unspecified atom stereocenters. The van der Waals surface area contributed by atoms with Crippen molar-refractivity contribution >= 4 is 17.3 Å². The number of ether oxygens (including phenoxy) is 2. The van der Waals surface area contributed by atoms with Crippen LogP contribution in [0.1, 0.15) is 6.92 Å². The number of nitrogens with one attached hydrogen (secondary N) is 1. The number of benzene rings is 2. The van der Waals surface area contributed by atoms with Gasteiger partial charge in [-0.25, -0.2) is 0 Å². The van der Waals surface area contributed by atoms with Crippen molar-refractivity contribution < 1.29 is 14.3 Å². The topological polar surface area (TPSA) is 50.8 Å². The van der Waals surface area contributed by atoms with Crippen molar-refractivity contribution in [1.82, 2.24) is 0 Å². The molecule has 0 bridgehead atoms. The molecule has 1 N–H and O–H groups in total. The standard InChI is InChI=1S/C19H24N2O3/c1-3-21(17-9-5-4-6-10-17)19(22)15-20-16-8-7-11-18(14-16)24-13-12-23-2/h4-11,14,20H,3,12-13,15H2,1-2H3. The first-order chi connectivity index (χ1) is 11.7. The SMILES string of the molecule is CCN(C(=O)CNc1cccc(OCCOC)c1)c1ccccc1. The highest BCUT2D eigenvalue weighted by molar-refractivity contribution is 5.96. The van der Waals surface area contributed by atoms with E-state index < -0.39 is 0 Å². The monoisotopic (exact) mass is 328 g/mol. The van der Waals surface area contributed by atoms with Gasteiger partial charge in [0.2, 0.25) is 5.91 Å². The number of carbonyl (C=O) groups is 1. The highest BCUT2D eigenvalue weighted by atomic mass is 16.5. The molecule has 0 aromatic heterocycles. The number of anilines is 2. The molecule has 0 fully saturated rings. The van der Waals surface area contributed by atoms with Gasteiger partial charge in [0.25, 0.3) is 0 Å². The first kappa shape index (κ1) is 17.8. The molecule has 128 valence electrons. The molecule has 2 aromatic carbocycles. The van der Waals surface area contributed by atoms with Crippen LogP contribution in [0.2, 0.25) is 0 Å². The second-order valence-electron chi connectivity index (χ2n) is 5.20. The van der Waals surface area contributed by atoms with Crippen molar-refractivity contribution in [2.75, 3.05) is 43.6 Å². The summed E-state index contributed by atoms with van der Waals surface area (Å²) in [5.74, 6) is 0.773. The molecule has 0 heterocycles. The van der Waals surface area contributed by atoms with E-state index in [0.717, 1.165) is 17.1 Å². The molecular formula is C19H24N2O3. The summed E-state index contributed by atoms with van der Waals surface area (Å²) < 4.78 is 10.5. The smallest absolute Gasteiger partial charge is 0.246 e. The van der Waals surface area contributed by atoms with Crippen LogP contribution in [-0.4, -0.2) is 39.3 Å². The van der Waals surface area contributed by atoms with E-state index in [0.29, 0.717) is 19.8 Å². The fourth-order valence-electron chi connectivity index (χ4n) is 2.32. The fraction of sp³-hybridized carbons (Fsp3) is 0.316. The van der Waals surface area contributed by atoms with E-state index in [-0.39, 0.29) is 12.5 Å². The van der Waals surface area contributed by atoms with Gasteiger partial charge in [-0.2, -0.15) is 0 Å². The zero-order valence-corrected chi connectivity index (χ0v) is 14.2. The van der Waals surface area contributed by atoms with Gasteiger partial charge in [-0.15, -0.1) is 0 Å². The lowest BCUT2D eigenvalue weighted by Gasteiger charge is -2.21. The molecular weight excluding hydrogens is 304 g/mol. The molecule has 1 amide bonds. The fourth-order valence-corrected chi connectivity index (χ4v) is 2.32. The van der Waals surface area contributed by atoms with Crippen molar-refractivity contribution in [2.24, 2.45) is 0 Å². The normalized spacial score (nSPS) is 10.2. The Hall–Kier alpha value is -2.53. The second kappa shape index (κ2) is 9.57. The molecule has 0 saturated carbocycles. The zero-order valence-electron chi connectivity index (χ0n) is 14.2. The lowest BCUT2D eigenvalue weighted by Crippen LogP contribution is -2.35. The van der Waals surface area contributed by atoms with E-state index in [1.165, 1.54) is 0 Å². The molecule has 5 nitrogen and oxygen atoms in total. The van der Waals surface area contributed by atoms with Crippen LogP contribution >= 0.6 is 0 Å². The Morgan fingerprint density at radius 3 is 2.58 bits per heavy atom. The Morgan fingerprint density at radius 1 is 1.08 bits per heavy atom. The van der Waals surface area contributed by atoms with Crippen LogP contribution in [0.15, 0.2) is 54.6 Å². The second-order valence-corrected chi connectivity index (χ2v) is 5.20. The van der Waals surface area contributed by atoms with Gasteiger partial charge in [0.05, 0.1) is 13.2 Å². The third-order valence-electron chi connectivity index (χ3n) is 3.52. The van der Waals surface area contributed by atoms with E-state index >= 15 is 0 Å². The Morgan fingerprint density at radius 2 is 1.88 bits per heavy atom. The van der Waals surface area contributed by atoms with Gasteiger partial charge in [0.15, 0.2) is 0 Å². The Balaban J connectivity index is 1.92. The highest BCUT2D eigenvalue weighted by Gasteiger charge is 2.13. The lowest BCUT2D eigenvalue weighted by atomic mass is 10.2. The van der Waals surface area contributed by atoms with Crippen LogP contribution in [0, 0.1) is 0 Å². The van der Waals surface area contributed by atoms with Gasteiger partial charge in [-0.3, -0.25) is 4.79 Å². The highest BCUT2D eigenvalue weighted by Crippen LogP contribution is 2.18. The summed E-state index contributed by atoms with van der Waals surface area (Å²) in [5.41, 5.74) is 1.76. The number of nitrogens with zero attached hydrogens (tertiary/aromatic N) is 1. The van der Waals surface area contributed by atoms with Crippen LogP contribution in [0.3, 0.4) is 0 Å². The number of hydrogen-bond donors (Lipinski definition) is 1. The summed E-state index contributed by atoms with van der Waals surface area (Å²) in [4.78, 5) is 14.2. The third kappa shape index (κ3) is 5.28. The minimum Gasteiger partial charge on any atom is -0.491 e. The predicted molar refractivity (Wildman–Crippen MR) is 96.8 cm³/mol. The Labute approximate surface area is 143 Å².